The number of unbranched alkanes of at least 4 members (excludes halogenated alkanes) is 2. The third kappa shape index (κ3) is 7.82. The minimum Gasteiger partial charge on any atom is -0.490 e. The van der Waals surface area contributed by atoms with Gasteiger partial charge in [-0.05, 0) is 58.6 Å². The molecule has 0 radical (unpaired) electrons. The van der Waals surface area contributed by atoms with Crippen molar-refractivity contribution < 1.29 is 14.3 Å². The summed E-state index contributed by atoms with van der Waals surface area (Å²) < 4.78 is 8.36. The summed E-state index contributed by atoms with van der Waals surface area (Å²) in [6, 6.07) is 5.92. The number of carbonyl (C=O) groups is 2. The highest BCUT2D eigenvalue weighted by molar-refractivity contribution is 5.84. The van der Waals surface area contributed by atoms with Crippen LogP contribution in [0, 0.1) is 12.8 Å². The molecule has 1 aromatic carbocycles. The van der Waals surface area contributed by atoms with E-state index >= 15 is 0 Å². The Morgan fingerprint density at radius 1 is 1.10 bits per heavy atom. The van der Waals surface area contributed by atoms with Crippen molar-refractivity contribution in [2.75, 3.05) is 25.0 Å². The van der Waals surface area contributed by atoms with E-state index in [2.05, 4.69) is 34.7 Å². The van der Waals surface area contributed by atoms with Crippen LogP contribution in [0.3, 0.4) is 0 Å². The number of Topliss-reactive ketones (excluding diaryl/α,β-unsaturated/α-hetero) is 1. The first-order valence-corrected chi connectivity index (χ1v) is 14.6. The number of carbonyl (C=O) groups excluding carboxylic acids is 2. The number of nitrogens with zero attached hydrogens (tertiary/aromatic N) is 5. The van der Waals surface area contributed by atoms with Crippen LogP contribution in [0.4, 0.5) is 10.6 Å². The highest BCUT2D eigenvalue weighted by atomic mass is 16.5. The molecule has 1 saturated heterocycles. The molecule has 0 atom stereocenters. The van der Waals surface area contributed by atoms with Gasteiger partial charge in [-0.2, -0.15) is 0 Å². The maximum Gasteiger partial charge on any atom is 0.317 e. The Hall–Kier alpha value is -3.43. The number of fused-ring (bicyclic) bond motifs is 3. The molecule has 0 bridgehead atoms. The van der Waals surface area contributed by atoms with Gasteiger partial charge in [0, 0.05) is 56.9 Å². The smallest absolute Gasteiger partial charge is 0.317 e. The summed E-state index contributed by atoms with van der Waals surface area (Å²) in [4.78, 5) is 31.2. The standard InChI is InChI=1S/C30H45N7O3/c1-20(2)18-22(38)10-8-7-9-15-31-27-28-35-34-21(3)37(28)26-12-11-24(19-25(26)32-27)40-23-13-16-36(17-14-23)29(39)33-30(4,5)6/h11-12,19-20,23H,7-10,13-18H2,1-6H3,(H,31,32)(H,33,39). The summed E-state index contributed by atoms with van der Waals surface area (Å²) in [5.74, 6) is 3.03. The van der Waals surface area contributed by atoms with E-state index in [4.69, 9.17) is 9.72 Å². The lowest BCUT2D eigenvalue weighted by Crippen LogP contribution is -2.51. The fraction of sp³-hybridized carbons (Fsp3) is 0.633. The van der Waals surface area contributed by atoms with Crippen molar-refractivity contribution in [2.45, 2.75) is 98.1 Å². The second-order valence-corrected chi connectivity index (χ2v) is 12.4. The van der Waals surface area contributed by atoms with Crippen molar-refractivity contribution in [1.82, 2.24) is 29.8 Å². The lowest BCUT2D eigenvalue weighted by molar-refractivity contribution is -0.119. The highest BCUT2D eigenvalue weighted by Gasteiger charge is 2.26. The number of ether oxygens (including phenoxy) is 1. The van der Waals surface area contributed by atoms with Crippen molar-refractivity contribution in [3.63, 3.8) is 0 Å². The number of likely N-dealkylation sites (tertiary alicyclic amines) is 1. The molecular weight excluding hydrogens is 506 g/mol. The van der Waals surface area contributed by atoms with Crippen LogP contribution >= 0.6 is 0 Å². The Balaban J connectivity index is 1.37. The Morgan fingerprint density at radius 2 is 1.85 bits per heavy atom. The van der Waals surface area contributed by atoms with Gasteiger partial charge in [-0.3, -0.25) is 9.20 Å². The van der Waals surface area contributed by atoms with Crippen molar-refractivity contribution in [3.05, 3.63) is 24.0 Å². The monoisotopic (exact) mass is 551 g/mol. The molecule has 2 aromatic heterocycles. The molecule has 40 heavy (non-hydrogen) atoms. The van der Waals surface area contributed by atoms with Crippen molar-refractivity contribution in [2.24, 2.45) is 5.92 Å². The van der Waals surface area contributed by atoms with E-state index in [1.54, 1.807) is 0 Å². The average molecular weight is 552 g/mol. The molecule has 0 saturated carbocycles. The summed E-state index contributed by atoms with van der Waals surface area (Å²) in [6.07, 6.45) is 5.78. The highest BCUT2D eigenvalue weighted by Crippen LogP contribution is 2.27. The van der Waals surface area contributed by atoms with E-state index in [1.165, 1.54) is 0 Å². The van der Waals surface area contributed by atoms with Gasteiger partial charge in [0.25, 0.3) is 0 Å². The number of anilines is 1. The predicted octanol–water partition coefficient (Wildman–Crippen LogP) is 5.52. The number of ketones is 1. The second kappa shape index (κ2) is 12.8. The molecule has 4 rings (SSSR count). The number of nitrogens with one attached hydrogen (secondary N) is 2. The van der Waals surface area contributed by atoms with E-state index in [9.17, 15) is 9.59 Å². The maximum absolute atomic E-state index is 12.5. The normalized spacial score (nSPS) is 14.7. The maximum atomic E-state index is 12.5. The summed E-state index contributed by atoms with van der Waals surface area (Å²) in [5.41, 5.74) is 2.18. The number of rotatable bonds is 11. The topological polar surface area (TPSA) is 114 Å². The van der Waals surface area contributed by atoms with Gasteiger partial charge >= 0.3 is 6.03 Å². The van der Waals surface area contributed by atoms with Crippen LogP contribution in [0.5, 0.6) is 5.75 Å². The van der Waals surface area contributed by atoms with Gasteiger partial charge in [-0.25, -0.2) is 9.78 Å². The van der Waals surface area contributed by atoms with E-state index < -0.39 is 0 Å². The van der Waals surface area contributed by atoms with Crippen LogP contribution in [-0.2, 0) is 4.79 Å². The van der Waals surface area contributed by atoms with Gasteiger partial charge in [-0.1, -0.05) is 20.3 Å². The summed E-state index contributed by atoms with van der Waals surface area (Å²) in [6.45, 7) is 14.1. The Labute approximate surface area is 237 Å². The fourth-order valence-corrected chi connectivity index (χ4v) is 5.11. The van der Waals surface area contributed by atoms with E-state index in [1.807, 2.05) is 55.2 Å². The number of aromatic nitrogens is 4. The Morgan fingerprint density at radius 3 is 2.55 bits per heavy atom. The van der Waals surface area contributed by atoms with Crippen LogP contribution in [0.15, 0.2) is 18.2 Å². The quantitative estimate of drug-likeness (QED) is 0.301. The van der Waals surface area contributed by atoms with Gasteiger partial charge in [0.15, 0.2) is 5.82 Å². The number of piperidine rings is 1. The van der Waals surface area contributed by atoms with Crippen LogP contribution in [0.1, 0.15) is 85.4 Å². The van der Waals surface area contributed by atoms with Crippen molar-refractivity contribution in [3.8, 4) is 5.75 Å². The van der Waals surface area contributed by atoms with E-state index in [0.29, 0.717) is 49.1 Å². The molecule has 0 unspecified atom stereocenters. The van der Waals surface area contributed by atoms with Crippen LogP contribution < -0.4 is 15.4 Å². The molecule has 0 aliphatic carbocycles. The Bertz CT molecular complexity index is 1320. The zero-order valence-corrected chi connectivity index (χ0v) is 24.9. The Kier molecular flexibility index (Phi) is 9.48. The lowest BCUT2D eigenvalue weighted by atomic mass is 10.0. The predicted molar refractivity (Wildman–Crippen MR) is 158 cm³/mol. The largest absolute Gasteiger partial charge is 0.490 e. The molecule has 1 aliphatic heterocycles. The minimum absolute atomic E-state index is 0.0196. The van der Waals surface area contributed by atoms with Crippen LogP contribution in [0.25, 0.3) is 16.7 Å². The molecule has 0 spiro atoms. The average Bonchev–Trinajstić information content (AvgIpc) is 3.27. The molecule has 3 heterocycles. The molecule has 1 aliphatic rings. The third-order valence-electron chi connectivity index (χ3n) is 7.03. The number of amides is 2. The van der Waals surface area contributed by atoms with Gasteiger partial charge in [0.2, 0.25) is 5.65 Å². The van der Waals surface area contributed by atoms with Gasteiger partial charge in [0.1, 0.15) is 23.5 Å². The van der Waals surface area contributed by atoms with Gasteiger partial charge in [0.05, 0.1) is 11.0 Å². The number of benzene rings is 1. The minimum atomic E-state index is -0.252. The molecular formula is C30H45N7O3. The summed E-state index contributed by atoms with van der Waals surface area (Å²) in [5, 5.41) is 15.1. The van der Waals surface area contributed by atoms with Crippen LogP contribution in [-0.4, -0.2) is 67.6 Å². The third-order valence-corrected chi connectivity index (χ3v) is 7.03. The van der Waals surface area contributed by atoms with Crippen molar-refractivity contribution >= 4 is 34.3 Å². The number of aryl methyl sites for hydroxylation is 1. The first-order chi connectivity index (χ1) is 19.0. The summed E-state index contributed by atoms with van der Waals surface area (Å²) in [7, 11) is 0. The fourth-order valence-electron chi connectivity index (χ4n) is 5.11. The zero-order chi connectivity index (χ0) is 28.9. The molecule has 10 heteroatoms. The van der Waals surface area contributed by atoms with Gasteiger partial charge < -0.3 is 20.3 Å². The molecule has 2 N–H and O–H groups in total. The second-order valence-electron chi connectivity index (χ2n) is 12.4. The SMILES string of the molecule is Cc1nnc2c(NCCCCCC(=O)CC(C)C)nc3cc(OC4CCN(C(=O)NC(C)(C)C)CC4)ccc3n12. The van der Waals surface area contributed by atoms with Crippen molar-refractivity contribution in [1.29, 1.82) is 0 Å². The first kappa shape index (κ1) is 29.6. The summed E-state index contributed by atoms with van der Waals surface area (Å²) >= 11 is 0. The van der Waals surface area contributed by atoms with Gasteiger partial charge in [-0.15, -0.1) is 10.2 Å². The van der Waals surface area contributed by atoms with E-state index in [0.717, 1.165) is 61.3 Å². The molecule has 2 amide bonds. The molecule has 10 nitrogen and oxygen atoms in total. The number of urea groups is 1. The van der Waals surface area contributed by atoms with Crippen LogP contribution in [0.2, 0.25) is 0 Å². The zero-order valence-electron chi connectivity index (χ0n) is 24.9. The molecule has 3 aromatic rings. The molecule has 1 fully saturated rings. The number of hydrogen-bond acceptors (Lipinski definition) is 7. The number of hydrogen-bond donors (Lipinski definition) is 2. The van der Waals surface area contributed by atoms with E-state index in [-0.39, 0.29) is 17.7 Å². The lowest BCUT2D eigenvalue weighted by Gasteiger charge is -2.34. The first-order valence-electron chi connectivity index (χ1n) is 14.6. The molecule has 218 valence electrons.